The Kier molecular flexibility index (Phi) is 5.12. The van der Waals surface area contributed by atoms with Crippen LogP contribution < -0.4 is 14.8 Å². The Morgan fingerprint density at radius 1 is 1.04 bits per heavy atom. The topological polar surface area (TPSA) is 84.0 Å². The van der Waals surface area contributed by atoms with E-state index in [0.717, 1.165) is 19.6 Å². The first kappa shape index (κ1) is 18.2. The average molecular weight is 382 g/mol. The summed E-state index contributed by atoms with van der Waals surface area (Å²) in [6, 6.07) is 10.1. The van der Waals surface area contributed by atoms with Gasteiger partial charge in [-0.1, -0.05) is 13.0 Å². The zero-order chi connectivity index (χ0) is 19.5. The molecule has 146 valence electrons. The summed E-state index contributed by atoms with van der Waals surface area (Å²) in [5.74, 6) is 0.700. The highest BCUT2D eigenvalue weighted by atomic mass is 16.7. The number of rotatable bonds is 4. The first-order valence-corrected chi connectivity index (χ1v) is 9.33. The van der Waals surface area contributed by atoms with E-state index in [0.29, 0.717) is 30.3 Å². The Labute approximate surface area is 163 Å². The number of anilines is 1. The van der Waals surface area contributed by atoms with Crippen LogP contribution >= 0.6 is 0 Å². The molecule has 0 aliphatic carbocycles. The van der Waals surface area contributed by atoms with E-state index >= 15 is 0 Å². The fraction of sp³-hybridized carbons (Fsp3) is 0.350. The van der Waals surface area contributed by atoms with E-state index in [2.05, 4.69) is 22.1 Å². The normalized spacial score (nSPS) is 16.1. The molecule has 8 nitrogen and oxygen atoms in total. The number of nitrogens with one attached hydrogen (secondary N) is 1. The maximum Gasteiger partial charge on any atom is 0.274 e. The fourth-order valence-corrected chi connectivity index (χ4v) is 3.28. The Morgan fingerprint density at radius 3 is 2.57 bits per heavy atom. The second-order valence-electron chi connectivity index (χ2n) is 6.66. The van der Waals surface area contributed by atoms with E-state index in [1.807, 2.05) is 0 Å². The number of fused-ring (bicyclic) bond motifs is 1. The van der Waals surface area contributed by atoms with Crippen LogP contribution in [-0.4, -0.2) is 66.1 Å². The van der Waals surface area contributed by atoms with Crippen molar-refractivity contribution in [1.29, 1.82) is 0 Å². The molecule has 0 bridgehead atoms. The number of piperazine rings is 1. The lowest BCUT2D eigenvalue weighted by atomic mass is 10.2. The number of nitrogens with zero attached hydrogens (tertiary/aromatic N) is 3. The van der Waals surface area contributed by atoms with Crippen LogP contribution in [0.3, 0.4) is 0 Å². The van der Waals surface area contributed by atoms with Gasteiger partial charge in [-0.05, 0) is 30.8 Å². The number of likely N-dealkylation sites (N-methyl/N-ethyl adjacent to an activating group) is 1. The zero-order valence-electron chi connectivity index (χ0n) is 15.7. The van der Waals surface area contributed by atoms with Crippen molar-refractivity contribution in [3.63, 3.8) is 0 Å². The fourth-order valence-electron chi connectivity index (χ4n) is 3.28. The smallest absolute Gasteiger partial charge is 0.274 e. The molecule has 2 aromatic rings. The SMILES string of the molecule is CCN1CCN(C(=O)c2cccc(C(=O)Nc3ccc4c(c3)OCO4)n2)CC1. The summed E-state index contributed by atoms with van der Waals surface area (Å²) in [5.41, 5.74) is 1.04. The molecule has 2 amide bonds. The molecule has 4 rings (SSSR count). The minimum Gasteiger partial charge on any atom is -0.454 e. The molecule has 0 saturated carbocycles. The molecule has 28 heavy (non-hydrogen) atoms. The summed E-state index contributed by atoms with van der Waals surface area (Å²) in [6.45, 7) is 6.31. The number of benzene rings is 1. The van der Waals surface area contributed by atoms with Gasteiger partial charge in [0, 0.05) is 37.9 Å². The Hall–Kier alpha value is -3.13. The highest BCUT2D eigenvalue weighted by molar-refractivity contribution is 6.04. The van der Waals surface area contributed by atoms with Crippen LogP contribution in [0.4, 0.5) is 5.69 Å². The number of carbonyl (C=O) groups is 2. The van der Waals surface area contributed by atoms with Crippen molar-refractivity contribution in [2.75, 3.05) is 44.8 Å². The molecule has 0 atom stereocenters. The van der Waals surface area contributed by atoms with Gasteiger partial charge in [0.1, 0.15) is 11.4 Å². The van der Waals surface area contributed by atoms with Crippen molar-refractivity contribution in [2.24, 2.45) is 0 Å². The van der Waals surface area contributed by atoms with Crippen LogP contribution in [0.5, 0.6) is 11.5 Å². The molecule has 1 aromatic heterocycles. The molecule has 0 radical (unpaired) electrons. The van der Waals surface area contributed by atoms with E-state index in [1.165, 1.54) is 0 Å². The molecule has 1 N–H and O–H groups in total. The second-order valence-corrected chi connectivity index (χ2v) is 6.66. The zero-order valence-corrected chi connectivity index (χ0v) is 15.7. The number of carbonyl (C=O) groups excluding carboxylic acids is 2. The van der Waals surface area contributed by atoms with E-state index in [4.69, 9.17) is 9.47 Å². The average Bonchev–Trinajstić information content (AvgIpc) is 3.21. The lowest BCUT2D eigenvalue weighted by Crippen LogP contribution is -2.48. The van der Waals surface area contributed by atoms with Crippen molar-refractivity contribution < 1.29 is 19.1 Å². The Balaban J connectivity index is 1.44. The van der Waals surface area contributed by atoms with Gasteiger partial charge in [-0.3, -0.25) is 9.59 Å². The van der Waals surface area contributed by atoms with Crippen LogP contribution in [0.15, 0.2) is 36.4 Å². The van der Waals surface area contributed by atoms with E-state index in [-0.39, 0.29) is 30.0 Å². The highest BCUT2D eigenvalue weighted by Crippen LogP contribution is 2.34. The van der Waals surface area contributed by atoms with Crippen molar-refractivity contribution in [2.45, 2.75) is 6.92 Å². The Morgan fingerprint density at radius 2 is 1.79 bits per heavy atom. The third kappa shape index (κ3) is 3.77. The van der Waals surface area contributed by atoms with Crippen LogP contribution in [0.25, 0.3) is 0 Å². The molecule has 0 unspecified atom stereocenters. The molecule has 8 heteroatoms. The molecule has 1 fully saturated rings. The van der Waals surface area contributed by atoms with Gasteiger partial charge in [0.15, 0.2) is 11.5 Å². The number of amides is 2. The highest BCUT2D eigenvalue weighted by Gasteiger charge is 2.23. The van der Waals surface area contributed by atoms with E-state index < -0.39 is 0 Å². The minimum absolute atomic E-state index is 0.145. The molecule has 2 aliphatic heterocycles. The summed E-state index contributed by atoms with van der Waals surface area (Å²) in [6.07, 6.45) is 0. The molecule has 2 aliphatic rings. The third-order valence-electron chi connectivity index (χ3n) is 4.94. The minimum atomic E-state index is -0.385. The maximum absolute atomic E-state index is 12.7. The van der Waals surface area contributed by atoms with Gasteiger partial charge in [0.2, 0.25) is 6.79 Å². The molecule has 1 saturated heterocycles. The van der Waals surface area contributed by atoms with Crippen LogP contribution in [0, 0.1) is 0 Å². The number of pyridine rings is 1. The van der Waals surface area contributed by atoms with Gasteiger partial charge < -0.3 is 24.6 Å². The van der Waals surface area contributed by atoms with E-state index in [1.54, 1.807) is 41.3 Å². The number of aromatic nitrogens is 1. The van der Waals surface area contributed by atoms with Crippen molar-refractivity contribution in [1.82, 2.24) is 14.8 Å². The van der Waals surface area contributed by atoms with Gasteiger partial charge in [-0.25, -0.2) is 4.98 Å². The second kappa shape index (κ2) is 7.85. The summed E-state index contributed by atoms with van der Waals surface area (Å²) >= 11 is 0. The standard InChI is InChI=1S/C20H22N4O4/c1-2-23-8-10-24(11-9-23)20(26)16-5-3-4-15(22-16)19(25)21-14-6-7-17-18(12-14)28-13-27-17/h3-7,12H,2,8-11,13H2,1H3,(H,21,25). The largest absolute Gasteiger partial charge is 0.454 e. The number of ether oxygens (including phenoxy) is 2. The molecular weight excluding hydrogens is 360 g/mol. The van der Waals surface area contributed by atoms with Gasteiger partial charge in [-0.15, -0.1) is 0 Å². The summed E-state index contributed by atoms with van der Waals surface area (Å²) in [5, 5.41) is 2.78. The molecule has 3 heterocycles. The van der Waals surface area contributed by atoms with E-state index in [9.17, 15) is 9.59 Å². The first-order valence-electron chi connectivity index (χ1n) is 9.33. The van der Waals surface area contributed by atoms with Gasteiger partial charge in [0.05, 0.1) is 0 Å². The summed E-state index contributed by atoms with van der Waals surface area (Å²) in [7, 11) is 0. The lowest BCUT2D eigenvalue weighted by Gasteiger charge is -2.33. The van der Waals surface area contributed by atoms with Crippen molar-refractivity contribution in [3.8, 4) is 11.5 Å². The quantitative estimate of drug-likeness (QED) is 0.869. The maximum atomic E-state index is 12.7. The van der Waals surface area contributed by atoms with Crippen LogP contribution in [0.1, 0.15) is 27.9 Å². The van der Waals surface area contributed by atoms with Gasteiger partial charge >= 0.3 is 0 Å². The third-order valence-corrected chi connectivity index (χ3v) is 4.94. The van der Waals surface area contributed by atoms with Gasteiger partial charge in [0.25, 0.3) is 11.8 Å². The Bertz CT molecular complexity index is 894. The summed E-state index contributed by atoms with van der Waals surface area (Å²) < 4.78 is 10.6. The monoisotopic (exact) mass is 382 g/mol. The molecule has 1 aromatic carbocycles. The molecular formula is C20H22N4O4. The van der Waals surface area contributed by atoms with Crippen molar-refractivity contribution >= 4 is 17.5 Å². The van der Waals surface area contributed by atoms with Gasteiger partial charge in [-0.2, -0.15) is 0 Å². The van der Waals surface area contributed by atoms with Crippen LogP contribution in [-0.2, 0) is 0 Å². The number of hydrogen-bond acceptors (Lipinski definition) is 6. The van der Waals surface area contributed by atoms with Crippen molar-refractivity contribution in [3.05, 3.63) is 47.8 Å². The number of hydrogen-bond donors (Lipinski definition) is 1. The predicted octanol–water partition coefficient (Wildman–Crippen LogP) is 1.84. The molecule has 0 spiro atoms. The predicted molar refractivity (Wildman–Crippen MR) is 103 cm³/mol. The lowest BCUT2D eigenvalue weighted by molar-refractivity contribution is 0.0637. The van der Waals surface area contributed by atoms with Crippen LogP contribution in [0.2, 0.25) is 0 Å². The first-order chi connectivity index (χ1) is 13.6. The summed E-state index contributed by atoms with van der Waals surface area (Å²) in [4.78, 5) is 33.7.